The molecule has 0 radical (unpaired) electrons. The lowest BCUT2D eigenvalue weighted by Gasteiger charge is -2.35. The Morgan fingerprint density at radius 1 is 0.976 bits per heavy atom. The Morgan fingerprint density at radius 2 is 1.73 bits per heavy atom. The summed E-state index contributed by atoms with van der Waals surface area (Å²) in [7, 11) is 4.05. The van der Waals surface area contributed by atoms with Crippen molar-refractivity contribution in [2.75, 3.05) is 19.0 Å². The van der Waals surface area contributed by atoms with Crippen LogP contribution in [0.3, 0.4) is 0 Å². The molecule has 0 N–H and O–H groups in total. The molecule has 210 valence electrons. The molecule has 1 aliphatic rings. The lowest BCUT2D eigenvalue weighted by Crippen LogP contribution is -2.39. The van der Waals surface area contributed by atoms with Crippen molar-refractivity contribution in [2.45, 2.75) is 45.7 Å². The molecule has 1 fully saturated rings. The molecule has 1 saturated heterocycles. The fourth-order valence-corrected chi connectivity index (χ4v) is 5.83. The number of amides is 1. The minimum atomic E-state index is -0.992. The summed E-state index contributed by atoms with van der Waals surface area (Å²) < 4.78 is 35.6. The molecule has 9 heteroatoms. The summed E-state index contributed by atoms with van der Waals surface area (Å²) in [5.74, 6) is -0.710. The highest BCUT2D eigenvalue weighted by Crippen LogP contribution is 2.39. The first-order valence-electron chi connectivity index (χ1n) is 13.7. The van der Waals surface area contributed by atoms with Gasteiger partial charge in [-0.05, 0) is 88.3 Å². The summed E-state index contributed by atoms with van der Waals surface area (Å²) in [5.41, 5.74) is 6.66. The summed E-state index contributed by atoms with van der Waals surface area (Å²) in [5, 5.41) is 4.10. The molecule has 0 unspecified atom stereocenters. The van der Waals surface area contributed by atoms with Crippen molar-refractivity contribution in [1.82, 2.24) is 19.6 Å². The van der Waals surface area contributed by atoms with Gasteiger partial charge in [0.1, 0.15) is 11.6 Å². The summed E-state index contributed by atoms with van der Waals surface area (Å²) in [6, 6.07) is 17.5. The second-order valence-corrected chi connectivity index (χ2v) is 10.9. The number of carbonyl (C=O) groups excluding carboxylic acids is 1. The van der Waals surface area contributed by atoms with Crippen LogP contribution < -0.4 is 4.90 Å². The third-order valence-corrected chi connectivity index (χ3v) is 7.62. The number of carbonyl (C=O) groups is 1. The van der Waals surface area contributed by atoms with E-state index < -0.39 is 17.7 Å². The maximum absolute atomic E-state index is 14.3. The van der Waals surface area contributed by atoms with Gasteiger partial charge in [-0.15, -0.1) is 0 Å². The number of aromatic nitrogens is 3. The minimum absolute atomic E-state index is 0.149. The lowest BCUT2D eigenvalue weighted by molar-refractivity contribution is -0.120. The van der Waals surface area contributed by atoms with Crippen molar-refractivity contribution in [3.63, 3.8) is 0 Å². The second-order valence-electron chi connectivity index (χ2n) is 10.9. The van der Waals surface area contributed by atoms with E-state index in [1.165, 1.54) is 11.6 Å². The van der Waals surface area contributed by atoms with Crippen molar-refractivity contribution in [3.05, 3.63) is 95.1 Å². The molecule has 5 aromatic rings. The zero-order valence-corrected chi connectivity index (χ0v) is 23.5. The van der Waals surface area contributed by atoms with Gasteiger partial charge in [0.25, 0.3) is 0 Å². The standard InChI is InChI=1S/C32H31F2N5O2/c1-19-31(20(2)41-36-19)22-10-15-28-27(16-22)35-32(39(28)23-11-8-21(9-12-23)18-37(3)4)29-6-5-7-30(40)38(29)24-13-14-25(33)26(34)17-24/h8-17,29H,5-7,18H2,1-4H3/t29-/m0/s1. The Labute approximate surface area is 237 Å². The SMILES string of the molecule is Cc1noc(C)c1-c1ccc2c(c1)nc([C@@H]1CCCC(=O)N1c1ccc(F)c(F)c1)n2-c1ccc(CN(C)C)cc1. The highest BCUT2D eigenvalue weighted by molar-refractivity contribution is 5.95. The summed E-state index contributed by atoms with van der Waals surface area (Å²) in [4.78, 5) is 22.1. The first-order chi connectivity index (χ1) is 19.7. The van der Waals surface area contributed by atoms with Crippen LogP contribution in [0.2, 0.25) is 0 Å². The number of fused-ring (bicyclic) bond motifs is 1. The van der Waals surface area contributed by atoms with Gasteiger partial charge in [0.2, 0.25) is 5.91 Å². The van der Waals surface area contributed by atoms with Gasteiger partial charge in [0, 0.05) is 36.0 Å². The van der Waals surface area contributed by atoms with Gasteiger partial charge in [-0.1, -0.05) is 23.4 Å². The molecule has 1 aliphatic heterocycles. The topological polar surface area (TPSA) is 67.4 Å². The number of hydrogen-bond acceptors (Lipinski definition) is 5. The van der Waals surface area contributed by atoms with Gasteiger partial charge in [0.05, 0.1) is 22.8 Å². The van der Waals surface area contributed by atoms with Crippen LogP contribution >= 0.6 is 0 Å². The van der Waals surface area contributed by atoms with E-state index in [1.54, 1.807) is 4.90 Å². The number of rotatable bonds is 6. The Hall–Kier alpha value is -4.37. The van der Waals surface area contributed by atoms with E-state index in [1.807, 2.05) is 46.1 Å². The molecule has 0 aliphatic carbocycles. The first kappa shape index (κ1) is 26.8. The number of imidazole rings is 1. The molecule has 3 heterocycles. The van der Waals surface area contributed by atoms with E-state index >= 15 is 0 Å². The fourth-order valence-electron chi connectivity index (χ4n) is 5.83. The van der Waals surface area contributed by atoms with Crippen molar-refractivity contribution in [1.29, 1.82) is 0 Å². The van der Waals surface area contributed by atoms with Crippen molar-refractivity contribution < 1.29 is 18.1 Å². The maximum atomic E-state index is 14.3. The molecule has 7 nitrogen and oxygen atoms in total. The average Bonchev–Trinajstić information content (AvgIpc) is 3.49. The van der Waals surface area contributed by atoms with Crippen molar-refractivity contribution in [3.8, 4) is 16.8 Å². The Kier molecular flexibility index (Phi) is 6.91. The molecule has 2 aromatic heterocycles. The van der Waals surface area contributed by atoms with Crippen molar-refractivity contribution >= 4 is 22.6 Å². The number of hydrogen-bond donors (Lipinski definition) is 0. The lowest BCUT2D eigenvalue weighted by atomic mass is 9.99. The smallest absolute Gasteiger partial charge is 0.227 e. The number of halogens is 2. The molecule has 41 heavy (non-hydrogen) atoms. The average molecular weight is 556 g/mol. The number of aryl methyl sites for hydroxylation is 2. The van der Waals surface area contributed by atoms with Crippen LogP contribution in [0, 0.1) is 25.5 Å². The van der Waals surface area contributed by atoms with E-state index in [-0.39, 0.29) is 5.91 Å². The number of anilines is 1. The van der Waals surface area contributed by atoms with Crippen LogP contribution in [0.5, 0.6) is 0 Å². The zero-order chi connectivity index (χ0) is 28.8. The van der Waals surface area contributed by atoms with Gasteiger partial charge < -0.3 is 14.3 Å². The Morgan fingerprint density at radius 3 is 2.41 bits per heavy atom. The van der Waals surface area contributed by atoms with Crippen LogP contribution in [-0.2, 0) is 11.3 Å². The fraction of sp³-hybridized carbons (Fsp3) is 0.281. The quantitative estimate of drug-likeness (QED) is 0.228. The molecular formula is C32H31F2N5O2. The highest BCUT2D eigenvalue weighted by atomic mass is 19.2. The molecule has 6 rings (SSSR count). The molecule has 1 amide bonds. The van der Waals surface area contributed by atoms with Crippen LogP contribution in [-0.4, -0.2) is 39.6 Å². The molecular weight excluding hydrogens is 524 g/mol. The largest absolute Gasteiger partial charge is 0.361 e. The van der Waals surface area contributed by atoms with E-state index in [0.717, 1.165) is 58.0 Å². The van der Waals surface area contributed by atoms with Gasteiger partial charge in [0.15, 0.2) is 11.6 Å². The Balaban J connectivity index is 1.54. The molecule has 0 saturated carbocycles. The molecule has 3 aromatic carbocycles. The monoisotopic (exact) mass is 555 g/mol. The van der Waals surface area contributed by atoms with Gasteiger partial charge in [-0.25, -0.2) is 13.8 Å². The van der Waals surface area contributed by atoms with E-state index in [9.17, 15) is 13.6 Å². The third-order valence-electron chi connectivity index (χ3n) is 7.62. The van der Waals surface area contributed by atoms with Crippen LogP contribution in [0.4, 0.5) is 14.5 Å². The molecule has 1 atom stereocenters. The maximum Gasteiger partial charge on any atom is 0.227 e. The summed E-state index contributed by atoms with van der Waals surface area (Å²) in [6.07, 6.45) is 1.62. The minimum Gasteiger partial charge on any atom is -0.361 e. The van der Waals surface area contributed by atoms with Crippen LogP contribution in [0.15, 0.2) is 65.2 Å². The van der Waals surface area contributed by atoms with Gasteiger partial charge >= 0.3 is 0 Å². The zero-order valence-electron chi connectivity index (χ0n) is 23.5. The second kappa shape index (κ2) is 10.6. The predicted octanol–water partition coefficient (Wildman–Crippen LogP) is 6.90. The van der Waals surface area contributed by atoms with Gasteiger partial charge in [-0.3, -0.25) is 9.36 Å². The van der Waals surface area contributed by atoms with Gasteiger partial charge in [-0.2, -0.15) is 0 Å². The third kappa shape index (κ3) is 4.91. The molecule has 0 spiro atoms. The van der Waals surface area contributed by atoms with E-state index in [0.29, 0.717) is 30.8 Å². The number of nitrogens with zero attached hydrogens (tertiary/aromatic N) is 5. The summed E-state index contributed by atoms with van der Waals surface area (Å²) >= 11 is 0. The summed E-state index contributed by atoms with van der Waals surface area (Å²) in [6.45, 7) is 4.59. The van der Waals surface area contributed by atoms with Crippen LogP contribution in [0.1, 0.15) is 48.1 Å². The highest BCUT2D eigenvalue weighted by Gasteiger charge is 2.35. The van der Waals surface area contributed by atoms with E-state index in [4.69, 9.17) is 9.51 Å². The number of piperidine rings is 1. The molecule has 0 bridgehead atoms. The first-order valence-corrected chi connectivity index (χ1v) is 13.7. The predicted molar refractivity (Wildman–Crippen MR) is 154 cm³/mol. The number of benzene rings is 3. The Bertz CT molecular complexity index is 1740. The van der Waals surface area contributed by atoms with Crippen molar-refractivity contribution in [2.24, 2.45) is 0 Å². The van der Waals surface area contributed by atoms with E-state index in [2.05, 4.69) is 38.9 Å². The normalized spacial score (nSPS) is 15.8. The van der Waals surface area contributed by atoms with Crippen LogP contribution in [0.25, 0.3) is 27.8 Å².